The highest BCUT2D eigenvalue weighted by Crippen LogP contribution is 2.39. The van der Waals surface area contributed by atoms with Crippen LogP contribution in [0.5, 0.6) is 17.2 Å². The number of pyridine rings is 1. The molecule has 0 saturated heterocycles. The topological polar surface area (TPSA) is 81.4 Å². The molecule has 0 saturated carbocycles. The number of aryl methyl sites for hydroxylation is 1. The molecule has 2 N–H and O–H groups in total. The van der Waals surface area contributed by atoms with Crippen LogP contribution in [0.1, 0.15) is 23.7 Å². The minimum absolute atomic E-state index is 0. The first-order valence-corrected chi connectivity index (χ1v) is 10.4. The average Bonchev–Trinajstić information content (AvgIpc) is 3.38. The number of ether oxygens (including phenoxy) is 3. The predicted octanol–water partition coefficient (Wildman–Crippen LogP) is 3.89. The van der Waals surface area contributed by atoms with Gasteiger partial charge in [0.25, 0.3) is 0 Å². The predicted molar refractivity (Wildman–Crippen MR) is 131 cm³/mol. The number of guanidine groups is 1. The molecule has 178 valence electrons. The van der Waals surface area contributed by atoms with Crippen molar-refractivity contribution < 1.29 is 23.0 Å². The maximum Gasteiger partial charge on any atom is 0.387 e. The fourth-order valence-electron chi connectivity index (χ4n) is 3.43. The van der Waals surface area contributed by atoms with Crippen LogP contribution in [0.25, 0.3) is 5.65 Å². The lowest BCUT2D eigenvalue weighted by Gasteiger charge is -2.13. The third kappa shape index (κ3) is 6.15. The minimum Gasteiger partial charge on any atom is -0.454 e. The van der Waals surface area contributed by atoms with Gasteiger partial charge in [0.2, 0.25) is 6.79 Å². The number of hydrogen-bond donors (Lipinski definition) is 2. The molecular weight excluding hydrogens is 547 g/mol. The van der Waals surface area contributed by atoms with E-state index in [-0.39, 0.29) is 43.1 Å². The van der Waals surface area contributed by atoms with Crippen LogP contribution in [0.15, 0.2) is 41.7 Å². The van der Waals surface area contributed by atoms with Crippen LogP contribution in [0, 0.1) is 6.92 Å². The molecule has 0 spiro atoms. The van der Waals surface area contributed by atoms with E-state index in [2.05, 4.69) is 25.3 Å². The Kier molecular flexibility index (Phi) is 8.53. The molecule has 11 heteroatoms. The van der Waals surface area contributed by atoms with E-state index in [9.17, 15) is 8.78 Å². The number of hydrogen-bond acceptors (Lipinski definition) is 5. The van der Waals surface area contributed by atoms with Crippen molar-refractivity contribution in [2.24, 2.45) is 4.99 Å². The summed E-state index contributed by atoms with van der Waals surface area (Å²) in [5.74, 6) is 1.44. The molecule has 4 rings (SSSR count). The first kappa shape index (κ1) is 24.8. The molecule has 33 heavy (non-hydrogen) atoms. The van der Waals surface area contributed by atoms with Crippen molar-refractivity contribution in [3.8, 4) is 17.2 Å². The van der Waals surface area contributed by atoms with Gasteiger partial charge in [-0.3, -0.25) is 0 Å². The fraction of sp³-hybridized carbons (Fsp3) is 0.364. The number of alkyl halides is 2. The lowest BCUT2D eigenvalue weighted by atomic mass is 10.1. The molecule has 0 atom stereocenters. The standard InChI is InChI=1S/C22H25F2N5O3.HI/c1-3-25-22(26-7-6-16-12-29-8-4-5-14(2)20(29)28-16)27-11-15-9-18-19(31-13-30-18)10-17(15)32-21(23)24;/h4-5,8-10,12,21H,3,6-7,11,13H2,1-2H3,(H2,25,26,27);1H. The van der Waals surface area contributed by atoms with Crippen molar-refractivity contribution in [1.29, 1.82) is 0 Å². The maximum absolute atomic E-state index is 12.8. The number of aromatic nitrogens is 2. The summed E-state index contributed by atoms with van der Waals surface area (Å²) >= 11 is 0. The Morgan fingerprint density at radius 3 is 2.79 bits per heavy atom. The van der Waals surface area contributed by atoms with Crippen LogP contribution >= 0.6 is 24.0 Å². The zero-order valence-corrected chi connectivity index (χ0v) is 20.6. The molecule has 8 nitrogen and oxygen atoms in total. The summed E-state index contributed by atoms with van der Waals surface area (Å²) in [6, 6.07) is 7.05. The van der Waals surface area contributed by atoms with Gasteiger partial charge in [0.05, 0.1) is 12.2 Å². The summed E-state index contributed by atoms with van der Waals surface area (Å²) in [6.07, 6.45) is 4.69. The number of aliphatic imine (C=N–C) groups is 1. The van der Waals surface area contributed by atoms with Crippen LogP contribution in [-0.2, 0) is 13.0 Å². The van der Waals surface area contributed by atoms with Crippen molar-refractivity contribution in [1.82, 2.24) is 20.0 Å². The Balaban J connectivity index is 0.00000306. The Labute approximate surface area is 207 Å². The first-order valence-electron chi connectivity index (χ1n) is 10.4. The van der Waals surface area contributed by atoms with Crippen molar-refractivity contribution in [3.05, 3.63) is 53.5 Å². The number of halogens is 3. The largest absolute Gasteiger partial charge is 0.454 e. The highest BCUT2D eigenvalue weighted by atomic mass is 127. The van der Waals surface area contributed by atoms with E-state index in [0.717, 1.165) is 16.9 Å². The molecule has 0 unspecified atom stereocenters. The van der Waals surface area contributed by atoms with E-state index in [1.807, 2.05) is 42.8 Å². The van der Waals surface area contributed by atoms with Gasteiger partial charge < -0.3 is 29.2 Å². The molecule has 0 fully saturated rings. The Morgan fingerprint density at radius 2 is 2.06 bits per heavy atom. The SMILES string of the molecule is CCNC(=NCc1cc2c(cc1OC(F)F)OCO2)NCCc1cn2cccc(C)c2n1.I. The first-order chi connectivity index (χ1) is 15.5. The quantitative estimate of drug-likeness (QED) is 0.242. The summed E-state index contributed by atoms with van der Waals surface area (Å²) < 4.78 is 42.9. The maximum atomic E-state index is 12.8. The Morgan fingerprint density at radius 1 is 1.27 bits per heavy atom. The monoisotopic (exact) mass is 573 g/mol. The van der Waals surface area contributed by atoms with E-state index in [0.29, 0.717) is 42.5 Å². The van der Waals surface area contributed by atoms with Crippen LogP contribution in [0.4, 0.5) is 8.78 Å². The zero-order chi connectivity index (χ0) is 22.5. The molecule has 1 aliphatic rings. The Hall–Kier alpha value is -2.83. The van der Waals surface area contributed by atoms with Gasteiger partial charge in [-0.1, -0.05) is 6.07 Å². The summed E-state index contributed by atoms with van der Waals surface area (Å²) in [6.45, 7) is 2.47. The number of imidazole rings is 1. The van der Waals surface area contributed by atoms with Gasteiger partial charge in [-0.15, -0.1) is 24.0 Å². The summed E-state index contributed by atoms with van der Waals surface area (Å²) in [4.78, 5) is 9.18. The van der Waals surface area contributed by atoms with Gasteiger partial charge in [-0.2, -0.15) is 8.78 Å². The molecule has 1 aromatic carbocycles. The van der Waals surface area contributed by atoms with Crippen LogP contribution in [0.2, 0.25) is 0 Å². The van der Waals surface area contributed by atoms with E-state index < -0.39 is 6.61 Å². The van der Waals surface area contributed by atoms with Crippen LogP contribution in [-0.4, -0.2) is 41.8 Å². The molecule has 2 aromatic heterocycles. The van der Waals surface area contributed by atoms with Gasteiger partial charge in [-0.05, 0) is 31.5 Å². The van der Waals surface area contributed by atoms with Crippen molar-refractivity contribution in [2.45, 2.75) is 33.4 Å². The molecule has 0 aliphatic carbocycles. The molecule has 3 heterocycles. The van der Waals surface area contributed by atoms with Gasteiger partial charge in [0, 0.05) is 43.5 Å². The van der Waals surface area contributed by atoms with Crippen molar-refractivity contribution >= 4 is 35.6 Å². The molecular formula is C22H26F2IN5O3. The Bertz CT molecular complexity index is 1120. The lowest BCUT2D eigenvalue weighted by molar-refractivity contribution is -0.0505. The fourth-order valence-corrected chi connectivity index (χ4v) is 3.43. The number of rotatable bonds is 8. The molecule has 0 bridgehead atoms. The summed E-state index contributed by atoms with van der Waals surface area (Å²) in [5.41, 5.74) is 3.50. The number of fused-ring (bicyclic) bond motifs is 2. The third-order valence-electron chi connectivity index (χ3n) is 4.92. The van der Waals surface area contributed by atoms with Crippen molar-refractivity contribution in [3.63, 3.8) is 0 Å². The van der Waals surface area contributed by atoms with Crippen LogP contribution < -0.4 is 24.8 Å². The summed E-state index contributed by atoms with van der Waals surface area (Å²) in [5, 5.41) is 6.41. The minimum atomic E-state index is -2.95. The number of nitrogens with one attached hydrogen (secondary N) is 2. The van der Waals surface area contributed by atoms with E-state index in [1.54, 1.807) is 6.07 Å². The second-order valence-electron chi connectivity index (χ2n) is 7.22. The van der Waals surface area contributed by atoms with Gasteiger partial charge in [0.15, 0.2) is 17.5 Å². The van der Waals surface area contributed by atoms with E-state index in [1.165, 1.54) is 6.07 Å². The number of nitrogens with zero attached hydrogens (tertiary/aromatic N) is 3. The van der Waals surface area contributed by atoms with Crippen LogP contribution in [0.3, 0.4) is 0 Å². The third-order valence-corrected chi connectivity index (χ3v) is 4.92. The lowest BCUT2D eigenvalue weighted by Crippen LogP contribution is -2.38. The second kappa shape index (κ2) is 11.3. The molecule has 0 amide bonds. The van der Waals surface area contributed by atoms with Gasteiger partial charge in [0.1, 0.15) is 11.4 Å². The normalized spacial score (nSPS) is 12.7. The molecule has 0 radical (unpaired) electrons. The second-order valence-corrected chi connectivity index (χ2v) is 7.22. The molecule has 1 aliphatic heterocycles. The highest BCUT2D eigenvalue weighted by Gasteiger charge is 2.20. The van der Waals surface area contributed by atoms with Crippen molar-refractivity contribution in [2.75, 3.05) is 19.9 Å². The average molecular weight is 573 g/mol. The van der Waals surface area contributed by atoms with E-state index in [4.69, 9.17) is 9.47 Å². The molecule has 3 aromatic rings. The van der Waals surface area contributed by atoms with Gasteiger partial charge in [-0.25, -0.2) is 9.98 Å². The zero-order valence-electron chi connectivity index (χ0n) is 18.3. The summed E-state index contributed by atoms with van der Waals surface area (Å²) in [7, 11) is 0. The van der Waals surface area contributed by atoms with E-state index >= 15 is 0 Å². The number of benzene rings is 1. The van der Waals surface area contributed by atoms with Gasteiger partial charge >= 0.3 is 6.61 Å². The smallest absolute Gasteiger partial charge is 0.387 e. The highest BCUT2D eigenvalue weighted by molar-refractivity contribution is 14.0.